The van der Waals surface area contributed by atoms with E-state index in [2.05, 4.69) is 5.32 Å². The van der Waals surface area contributed by atoms with Crippen LogP contribution < -0.4 is 5.32 Å². The summed E-state index contributed by atoms with van der Waals surface area (Å²) in [5.41, 5.74) is 1.13. The van der Waals surface area contributed by atoms with E-state index in [9.17, 15) is 9.59 Å². The first-order valence-electron chi connectivity index (χ1n) is 8.59. The standard InChI is InChI=1S/C20H25BN2O3/c1-5-16(21)13-26-19(25)15(12-22)10-14-6-8-17(9-7-14)23-18(24)11-20(2,3)4/h6-10,16H,5,11,13H2,1-4H3,(H,23,24)/b15-10+. The van der Waals surface area contributed by atoms with E-state index in [4.69, 9.17) is 17.8 Å². The van der Waals surface area contributed by atoms with Gasteiger partial charge in [0.1, 0.15) is 11.6 Å². The number of anilines is 1. The lowest BCUT2D eigenvalue weighted by molar-refractivity contribution is -0.138. The third-order valence-electron chi connectivity index (χ3n) is 3.49. The molecule has 0 fully saturated rings. The molecule has 26 heavy (non-hydrogen) atoms. The topological polar surface area (TPSA) is 79.2 Å². The molecule has 1 atom stereocenters. The summed E-state index contributed by atoms with van der Waals surface area (Å²) < 4.78 is 5.03. The van der Waals surface area contributed by atoms with Gasteiger partial charge < -0.3 is 10.1 Å². The van der Waals surface area contributed by atoms with Gasteiger partial charge in [-0.2, -0.15) is 5.26 Å². The van der Waals surface area contributed by atoms with Gasteiger partial charge in [0.25, 0.3) is 0 Å². The molecular formula is C20H25BN2O3. The quantitative estimate of drug-likeness (QED) is 0.350. The van der Waals surface area contributed by atoms with Crippen molar-refractivity contribution in [2.45, 2.75) is 46.4 Å². The monoisotopic (exact) mass is 352 g/mol. The number of nitrogens with zero attached hydrogens (tertiary/aromatic N) is 1. The zero-order valence-electron chi connectivity index (χ0n) is 15.8. The number of nitriles is 1. The molecule has 0 aliphatic rings. The van der Waals surface area contributed by atoms with E-state index in [-0.39, 0.29) is 29.3 Å². The Labute approximate surface area is 156 Å². The van der Waals surface area contributed by atoms with Gasteiger partial charge in [-0.25, -0.2) is 4.79 Å². The predicted octanol–water partition coefficient (Wildman–Crippen LogP) is 3.88. The highest BCUT2D eigenvalue weighted by molar-refractivity contribution is 6.11. The molecule has 0 aliphatic heterocycles. The first kappa shape index (κ1) is 21.5. The fourth-order valence-corrected chi connectivity index (χ4v) is 2.03. The second kappa shape index (κ2) is 9.81. The molecule has 0 aromatic heterocycles. The summed E-state index contributed by atoms with van der Waals surface area (Å²) >= 11 is 0. The molecule has 5 nitrogen and oxygen atoms in total. The van der Waals surface area contributed by atoms with Crippen LogP contribution in [-0.4, -0.2) is 26.3 Å². The van der Waals surface area contributed by atoms with Crippen molar-refractivity contribution in [3.05, 3.63) is 35.4 Å². The van der Waals surface area contributed by atoms with Crippen LogP contribution in [0.1, 0.15) is 46.1 Å². The Balaban J connectivity index is 2.74. The van der Waals surface area contributed by atoms with Gasteiger partial charge >= 0.3 is 5.97 Å². The van der Waals surface area contributed by atoms with Gasteiger partial charge in [0.15, 0.2) is 0 Å². The number of hydrogen-bond acceptors (Lipinski definition) is 4. The van der Waals surface area contributed by atoms with Gasteiger partial charge in [0, 0.05) is 12.1 Å². The van der Waals surface area contributed by atoms with Gasteiger partial charge in [-0.15, -0.1) is 0 Å². The van der Waals surface area contributed by atoms with E-state index in [0.29, 0.717) is 24.1 Å². The maximum atomic E-state index is 11.9. The third-order valence-corrected chi connectivity index (χ3v) is 3.49. The lowest BCUT2D eigenvalue weighted by Crippen LogP contribution is -2.19. The van der Waals surface area contributed by atoms with Crippen LogP contribution in [0.2, 0.25) is 5.82 Å². The van der Waals surface area contributed by atoms with Crippen LogP contribution in [0, 0.1) is 16.7 Å². The Bertz CT molecular complexity index is 697. The van der Waals surface area contributed by atoms with Gasteiger partial charge in [-0.05, 0) is 35.0 Å². The normalized spacial score (nSPS) is 12.8. The highest BCUT2D eigenvalue weighted by atomic mass is 16.5. The number of benzene rings is 1. The molecule has 0 saturated heterocycles. The summed E-state index contributed by atoms with van der Waals surface area (Å²) in [7, 11) is 5.70. The summed E-state index contributed by atoms with van der Waals surface area (Å²) in [6, 6.07) is 8.72. The molecule has 2 radical (unpaired) electrons. The summed E-state index contributed by atoms with van der Waals surface area (Å²) in [6.07, 6.45) is 2.54. The second-order valence-corrected chi connectivity index (χ2v) is 7.34. The molecule has 1 aromatic rings. The lowest BCUT2D eigenvalue weighted by Gasteiger charge is -2.17. The van der Waals surface area contributed by atoms with Gasteiger partial charge in [-0.1, -0.05) is 46.2 Å². The SMILES string of the molecule is [B]C(CC)COC(=O)/C(C#N)=C/c1ccc(NC(=O)CC(C)(C)C)cc1. The molecule has 1 amide bonds. The van der Waals surface area contributed by atoms with Crippen LogP contribution in [0.15, 0.2) is 29.8 Å². The maximum Gasteiger partial charge on any atom is 0.348 e. The van der Waals surface area contributed by atoms with Gasteiger partial charge in [0.2, 0.25) is 5.91 Å². The number of carbonyl (C=O) groups excluding carboxylic acids is 2. The number of amides is 1. The van der Waals surface area contributed by atoms with E-state index >= 15 is 0 Å². The minimum Gasteiger partial charge on any atom is -0.462 e. The van der Waals surface area contributed by atoms with Crippen LogP contribution >= 0.6 is 0 Å². The Kier molecular flexibility index (Phi) is 8.11. The minimum absolute atomic E-state index is 0.0608. The van der Waals surface area contributed by atoms with Crippen LogP contribution in [0.5, 0.6) is 0 Å². The molecular weight excluding hydrogens is 327 g/mol. The molecule has 0 heterocycles. The van der Waals surface area contributed by atoms with Crippen molar-refractivity contribution in [3.63, 3.8) is 0 Å². The Morgan fingerprint density at radius 2 is 1.92 bits per heavy atom. The summed E-state index contributed by atoms with van der Waals surface area (Å²) in [6.45, 7) is 7.96. The Morgan fingerprint density at radius 3 is 2.42 bits per heavy atom. The average molecular weight is 352 g/mol. The van der Waals surface area contributed by atoms with Crippen LogP contribution in [0.4, 0.5) is 5.69 Å². The summed E-state index contributed by atoms with van der Waals surface area (Å²) in [5, 5.41) is 12.0. The molecule has 1 N–H and O–H groups in total. The maximum absolute atomic E-state index is 11.9. The molecule has 1 aromatic carbocycles. The van der Waals surface area contributed by atoms with Crippen molar-refractivity contribution in [1.82, 2.24) is 0 Å². The number of esters is 1. The molecule has 0 bridgehead atoms. The smallest absolute Gasteiger partial charge is 0.348 e. The first-order chi connectivity index (χ1) is 12.1. The zero-order chi connectivity index (χ0) is 19.7. The van der Waals surface area contributed by atoms with E-state index in [1.54, 1.807) is 24.3 Å². The van der Waals surface area contributed by atoms with Crippen molar-refractivity contribution < 1.29 is 14.3 Å². The largest absolute Gasteiger partial charge is 0.462 e. The van der Waals surface area contributed by atoms with E-state index in [1.165, 1.54) is 6.08 Å². The Morgan fingerprint density at radius 1 is 1.31 bits per heavy atom. The van der Waals surface area contributed by atoms with E-state index in [0.717, 1.165) is 0 Å². The van der Waals surface area contributed by atoms with Crippen LogP contribution in [-0.2, 0) is 14.3 Å². The highest BCUT2D eigenvalue weighted by Crippen LogP contribution is 2.20. The Hall–Kier alpha value is -2.55. The minimum atomic E-state index is -0.695. The van der Waals surface area contributed by atoms with Crippen molar-refractivity contribution in [1.29, 1.82) is 5.26 Å². The number of hydrogen-bond donors (Lipinski definition) is 1. The zero-order valence-corrected chi connectivity index (χ0v) is 15.8. The average Bonchev–Trinajstić information content (AvgIpc) is 2.56. The summed E-state index contributed by atoms with van der Waals surface area (Å²) in [4.78, 5) is 23.9. The highest BCUT2D eigenvalue weighted by Gasteiger charge is 2.16. The first-order valence-corrected chi connectivity index (χ1v) is 8.59. The fourth-order valence-electron chi connectivity index (χ4n) is 2.03. The predicted molar refractivity (Wildman–Crippen MR) is 103 cm³/mol. The van der Waals surface area contributed by atoms with Crippen molar-refractivity contribution in [2.75, 3.05) is 11.9 Å². The van der Waals surface area contributed by atoms with E-state index in [1.807, 2.05) is 33.8 Å². The summed E-state index contributed by atoms with van der Waals surface area (Å²) in [5.74, 6) is -0.997. The van der Waals surface area contributed by atoms with Crippen LogP contribution in [0.3, 0.4) is 0 Å². The van der Waals surface area contributed by atoms with E-state index < -0.39 is 5.97 Å². The second-order valence-electron chi connectivity index (χ2n) is 7.34. The molecule has 0 saturated carbocycles. The lowest BCUT2D eigenvalue weighted by atomic mass is 9.86. The molecule has 1 unspecified atom stereocenters. The molecule has 136 valence electrons. The van der Waals surface area contributed by atoms with Crippen LogP contribution in [0.25, 0.3) is 6.08 Å². The molecule has 1 rings (SSSR count). The van der Waals surface area contributed by atoms with Crippen molar-refractivity contribution in [3.8, 4) is 6.07 Å². The third kappa shape index (κ3) is 8.02. The number of rotatable bonds is 7. The fraction of sp³-hybridized carbons (Fsp3) is 0.450. The molecule has 6 heteroatoms. The van der Waals surface area contributed by atoms with Crippen molar-refractivity contribution >= 4 is 31.5 Å². The molecule has 0 aliphatic carbocycles. The van der Waals surface area contributed by atoms with Gasteiger partial charge in [-0.3, -0.25) is 4.79 Å². The number of nitrogens with one attached hydrogen (secondary N) is 1. The number of carbonyl (C=O) groups is 2. The number of ether oxygens (including phenoxy) is 1. The van der Waals surface area contributed by atoms with Crippen molar-refractivity contribution in [2.24, 2.45) is 5.41 Å². The van der Waals surface area contributed by atoms with Gasteiger partial charge in [0.05, 0.1) is 14.5 Å². The molecule has 0 spiro atoms.